The van der Waals surface area contributed by atoms with Crippen LogP contribution in [0.2, 0.25) is 0 Å². The molecule has 4 aromatic rings. The lowest BCUT2D eigenvalue weighted by atomic mass is 10.0. The summed E-state index contributed by atoms with van der Waals surface area (Å²) in [5, 5.41) is 12.8. The lowest BCUT2D eigenvalue weighted by molar-refractivity contribution is -0.384. The van der Waals surface area contributed by atoms with Gasteiger partial charge in [0, 0.05) is 28.6 Å². The summed E-state index contributed by atoms with van der Waals surface area (Å²) in [5.41, 5.74) is 1.23. The van der Waals surface area contributed by atoms with E-state index in [1.54, 1.807) is 44.2 Å². The van der Waals surface area contributed by atoms with Gasteiger partial charge in [0.2, 0.25) is 0 Å². The summed E-state index contributed by atoms with van der Waals surface area (Å²) in [4.78, 5) is 42.7. The molecule has 9 nitrogen and oxygen atoms in total. The fourth-order valence-corrected chi connectivity index (χ4v) is 5.82. The number of fused-ring (bicyclic) bond motifs is 1. The first-order valence-corrected chi connectivity index (χ1v) is 12.6. The van der Waals surface area contributed by atoms with E-state index in [1.807, 2.05) is 17.5 Å². The molecule has 0 radical (unpaired) electrons. The van der Waals surface area contributed by atoms with E-state index in [4.69, 9.17) is 9.15 Å². The van der Waals surface area contributed by atoms with E-state index in [0.717, 1.165) is 4.88 Å². The number of furan rings is 1. The summed E-state index contributed by atoms with van der Waals surface area (Å²) >= 11 is 2.66. The van der Waals surface area contributed by atoms with Crippen LogP contribution in [0.25, 0.3) is 17.4 Å². The molecule has 4 heterocycles. The van der Waals surface area contributed by atoms with E-state index >= 15 is 0 Å². The minimum Gasteiger partial charge on any atom is -0.463 e. The van der Waals surface area contributed by atoms with Gasteiger partial charge in [0.15, 0.2) is 4.80 Å². The third-order valence-electron chi connectivity index (χ3n) is 5.59. The number of nitro groups is 1. The normalized spacial score (nSPS) is 15.5. The highest BCUT2D eigenvalue weighted by Crippen LogP contribution is 2.33. The third kappa shape index (κ3) is 4.23. The monoisotopic (exact) mass is 521 g/mol. The van der Waals surface area contributed by atoms with Crippen molar-refractivity contribution in [3.63, 3.8) is 0 Å². The maximum atomic E-state index is 13.5. The van der Waals surface area contributed by atoms with Crippen molar-refractivity contribution in [2.45, 2.75) is 19.9 Å². The predicted molar refractivity (Wildman–Crippen MR) is 136 cm³/mol. The Morgan fingerprint density at radius 2 is 2.03 bits per heavy atom. The molecule has 0 saturated heterocycles. The second kappa shape index (κ2) is 9.51. The van der Waals surface area contributed by atoms with Crippen molar-refractivity contribution in [3.05, 3.63) is 106 Å². The first-order chi connectivity index (χ1) is 17.4. The first-order valence-electron chi connectivity index (χ1n) is 10.9. The van der Waals surface area contributed by atoms with E-state index in [9.17, 15) is 19.7 Å². The number of esters is 1. The fraction of sp³-hybridized carbons (Fsp3) is 0.160. The van der Waals surface area contributed by atoms with Crippen LogP contribution in [-0.4, -0.2) is 22.1 Å². The van der Waals surface area contributed by atoms with Gasteiger partial charge in [-0.2, -0.15) is 0 Å². The highest BCUT2D eigenvalue weighted by atomic mass is 32.1. The number of nitrogens with zero attached hydrogens (tertiary/aromatic N) is 3. The maximum absolute atomic E-state index is 13.5. The van der Waals surface area contributed by atoms with Gasteiger partial charge < -0.3 is 9.15 Å². The molecule has 36 heavy (non-hydrogen) atoms. The summed E-state index contributed by atoms with van der Waals surface area (Å²) in [6.45, 7) is 3.69. The van der Waals surface area contributed by atoms with Crippen molar-refractivity contribution < 1.29 is 18.9 Å². The Bertz CT molecular complexity index is 1670. The molecule has 0 bridgehead atoms. The minimum atomic E-state index is -0.630. The Morgan fingerprint density at radius 1 is 1.25 bits per heavy atom. The molecular formula is C25H19N3O6S2. The summed E-state index contributed by atoms with van der Waals surface area (Å²) in [6, 6.07) is 12.6. The number of thiophene rings is 1. The molecule has 0 spiro atoms. The van der Waals surface area contributed by atoms with Gasteiger partial charge in [-0.1, -0.05) is 17.4 Å². The number of carbonyl (C=O) groups excluding carboxylic acids is 1. The number of allylic oxidation sites excluding steroid dienone is 1. The Balaban J connectivity index is 1.57. The number of ether oxygens (including phenoxy) is 1. The first kappa shape index (κ1) is 23.6. The SMILES string of the molecule is CCOC(=O)C1=C(C)N=c2s/c(=C/c3ccc(-c4ccc([N+](=O)[O-])cc4)o3)c(=O)n2[C@@H]1c1cccs1. The molecule has 11 heteroatoms. The maximum Gasteiger partial charge on any atom is 0.338 e. The van der Waals surface area contributed by atoms with Crippen LogP contribution in [0.15, 0.2) is 79.4 Å². The molecule has 182 valence electrons. The molecule has 0 fully saturated rings. The topological polar surface area (TPSA) is 117 Å². The van der Waals surface area contributed by atoms with Crippen LogP contribution in [0.4, 0.5) is 5.69 Å². The van der Waals surface area contributed by atoms with Gasteiger partial charge >= 0.3 is 5.97 Å². The summed E-state index contributed by atoms with van der Waals surface area (Å²) in [7, 11) is 0. The number of hydrogen-bond acceptors (Lipinski definition) is 9. The van der Waals surface area contributed by atoms with Gasteiger partial charge in [0.1, 0.15) is 17.6 Å². The molecule has 1 aromatic carbocycles. The molecule has 0 saturated carbocycles. The Kier molecular flexibility index (Phi) is 6.25. The van der Waals surface area contributed by atoms with Crippen LogP contribution >= 0.6 is 22.7 Å². The molecule has 1 aliphatic heterocycles. The minimum absolute atomic E-state index is 0.00980. The summed E-state index contributed by atoms with van der Waals surface area (Å²) < 4.78 is 13.1. The zero-order valence-corrected chi connectivity index (χ0v) is 20.8. The zero-order valence-electron chi connectivity index (χ0n) is 19.2. The van der Waals surface area contributed by atoms with Crippen molar-refractivity contribution in [2.75, 3.05) is 6.61 Å². The number of rotatable bonds is 6. The van der Waals surface area contributed by atoms with Crippen molar-refractivity contribution >= 4 is 40.4 Å². The molecule has 1 atom stereocenters. The number of benzene rings is 1. The number of nitro benzene ring substituents is 1. The second-order valence-corrected chi connectivity index (χ2v) is 9.81. The fourth-order valence-electron chi connectivity index (χ4n) is 3.97. The number of hydrogen-bond donors (Lipinski definition) is 0. The Morgan fingerprint density at radius 3 is 2.69 bits per heavy atom. The molecule has 5 rings (SSSR count). The lowest BCUT2D eigenvalue weighted by Crippen LogP contribution is -2.39. The molecule has 0 unspecified atom stereocenters. The van der Waals surface area contributed by atoms with Crippen LogP contribution in [0, 0.1) is 10.1 Å². The van der Waals surface area contributed by atoms with Gasteiger partial charge in [-0.05, 0) is 49.6 Å². The molecule has 0 amide bonds. The van der Waals surface area contributed by atoms with Crippen LogP contribution in [0.1, 0.15) is 30.5 Å². The van der Waals surface area contributed by atoms with Crippen LogP contribution in [0.5, 0.6) is 0 Å². The van der Waals surface area contributed by atoms with E-state index in [0.29, 0.717) is 37.7 Å². The van der Waals surface area contributed by atoms with Gasteiger partial charge in [0.25, 0.3) is 11.2 Å². The number of non-ortho nitro benzene ring substituents is 1. The lowest BCUT2D eigenvalue weighted by Gasteiger charge is -2.23. The van der Waals surface area contributed by atoms with Crippen molar-refractivity contribution in [1.29, 1.82) is 0 Å². The number of thiazole rings is 1. The molecule has 0 aliphatic carbocycles. The van der Waals surface area contributed by atoms with E-state index in [1.165, 1.54) is 39.4 Å². The molecule has 1 aliphatic rings. The second-order valence-electron chi connectivity index (χ2n) is 7.82. The summed E-state index contributed by atoms with van der Waals surface area (Å²) in [6.07, 6.45) is 1.63. The average molecular weight is 522 g/mol. The van der Waals surface area contributed by atoms with Gasteiger partial charge in [-0.25, -0.2) is 9.79 Å². The van der Waals surface area contributed by atoms with Crippen LogP contribution in [0.3, 0.4) is 0 Å². The Labute approximate surface area is 212 Å². The smallest absolute Gasteiger partial charge is 0.338 e. The van der Waals surface area contributed by atoms with Gasteiger partial charge in [0.05, 0.1) is 27.3 Å². The quantitative estimate of drug-likeness (QED) is 0.215. The van der Waals surface area contributed by atoms with E-state index in [2.05, 4.69) is 4.99 Å². The zero-order chi connectivity index (χ0) is 25.4. The van der Waals surface area contributed by atoms with Crippen LogP contribution < -0.4 is 14.9 Å². The van der Waals surface area contributed by atoms with Gasteiger partial charge in [-0.3, -0.25) is 19.5 Å². The van der Waals surface area contributed by atoms with Crippen molar-refractivity contribution in [2.24, 2.45) is 4.99 Å². The largest absolute Gasteiger partial charge is 0.463 e. The predicted octanol–water partition coefficient (Wildman–Crippen LogP) is 4.03. The molecule has 3 aromatic heterocycles. The molecule has 0 N–H and O–H groups in total. The van der Waals surface area contributed by atoms with E-state index in [-0.39, 0.29) is 17.9 Å². The summed E-state index contributed by atoms with van der Waals surface area (Å²) in [5.74, 6) is 0.466. The van der Waals surface area contributed by atoms with Crippen LogP contribution in [-0.2, 0) is 9.53 Å². The van der Waals surface area contributed by atoms with E-state index < -0.39 is 16.9 Å². The Hall–Kier alpha value is -4.09. The number of carbonyl (C=O) groups is 1. The standard InChI is InChI=1S/C25H19N3O6S2/c1-3-33-24(30)21-14(2)26-25-27(22(21)19-5-4-12-35-19)23(29)20(36-25)13-17-10-11-18(34-17)15-6-8-16(9-7-15)28(31)32/h4-13,22H,3H2,1-2H3/b20-13+/t22-/m1/s1. The third-order valence-corrected chi connectivity index (χ3v) is 7.50. The molecular weight excluding hydrogens is 502 g/mol. The van der Waals surface area contributed by atoms with Gasteiger partial charge in [-0.15, -0.1) is 11.3 Å². The highest BCUT2D eigenvalue weighted by Gasteiger charge is 2.33. The van der Waals surface area contributed by atoms with Crippen molar-refractivity contribution in [3.8, 4) is 11.3 Å². The highest BCUT2D eigenvalue weighted by molar-refractivity contribution is 7.10. The van der Waals surface area contributed by atoms with Crippen molar-refractivity contribution in [1.82, 2.24) is 4.57 Å². The average Bonchev–Trinajstić information content (AvgIpc) is 3.60. The number of aromatic nitrogens is 1.